The zero-order valence-electron chi connectivity index (χ0n) is 15.5. The Hall–Kier alpha value is -0.620. The van der Waals surface area contributed by atoms with Crippen LogP contribution >= 0.6 is 0 Å². The molecule has 1 unspecified atom stereocenters. The number of hydrogen-bond donors (Lipinski definition) is 0. The van der Waals surface area contributed by atoms with Crippen LogP contribution in [-0.4, -0.2) is 55.0 Å². The highest BCUT2D eigenvalue weighted by atomic mass is 32.2. The second-order valence-corrected chi connectivity index (χ2v) is 9.18. The van der Waals surface area contributed by atoms with E-state index in [4.69, 9.17) is 0 Å². The third-order valence-electron chi connectivity index (χ3n) is 4.32. The van der Waals surface area contributed by atoms with Crippen molar-refractivity contribution >= 4 is 15.9 Å². The lowest BCUT2D eigenvalue weighted by Crippen LogP contribution is -2.47. The molecular formula is C16H34N2O3S. The minimum Gasteiger partial charge on any atom is -0.340 e. The van der Waals surface area contributed by atoms with E-state index in [1.54, 1.807) is 14.0 Å². The molecule has 22 heavy (non-hydrogen) atoms. The predicted octanol–water partition coefficient (Wildman–Crippen LogP) is 2.72. The van der Waals surface area contributed by atoms with Crippen molar-refractivity contribution in [3.05, 3.63) is 0 Å². The second kappa shape index (κ2) is 8.29. The van der Waals surface area contributed by atoms with Crippen molar-refractivity contribution in [2.24, 2.45) is 5.92 Å². The van der Waals surface area contributed by atoms with Crippen molar-refractivity contribution in [1.29, 1.82) is 0 Å². The van der Waals surface area contributed by atoms with Crippen LogP contribution in [0.4, 0.5) is 0 Å². The maximum Gasteiger partial charge on any atom is 0.219 e. The van der Waals surface area contributed by atoms with Gasteiger partial charge in [-0.3, -0.25) is 4.79 Å². The first-order chi connectivity index (χ1) is 9.82. The molecule has 6 heteroatoms. The van der Waals surface area contributed by atoms with Crippen LogP contribution < -0.4 is 0 Å². The second-order valence-electron chi connectivity index (χ2n) is 7.17. The summed E-state index contributed by atoms with van der Waals surface area (Å²) in [7, 11) is -1.60. The van der Waals surface area contributed by atoms with E-state index in [9.17, 15) is 13.2 Å². The predicted molar refractivity (Wildman–Crippen MR) is 92.2 cm³/mol. The third-order valence-corrected chi connectivity index (χ3v) is 5.81. The molecule has 0 radical (unpaired) electrons. The van der Waals surface area contributed by atoms with Gasteiger partial charge in [0.15, 0.2) is 0 Å². The number of nitrogens with zero attached hydrogens (tertiary/aromatic N) is 2. The largest absolute Gasteiger partial charge is 0.340 e. The topological polar surface area (TPSA) is 57.7 Å². The Morgan fingerprint density at radius 3 is 2.05 bits per heavy atom. The standard InChI is InChI=1S/C16H34N2O3S/c1-9-10-15(12-18(13(2)3)14(4)19)11-16(5,6)17(7)22(8,20)21/h13,15H,9-12H2,1-8H3. The van der Waals surface area contributed by atoms with Gasteiger partial charge in [-0.05, 0) is 46.5 Å². The molecule has 0 fully saturated rings. The van der Waals surface area contributed by atoms with Crippen molar-refractivity contribution in [3.63, 3.8) is 0 Å². The Morgan fingerprint density at radius 2 is 1.73 bits per heavy atom. The number of rotatable bonds is 9. The van der Waals surface area contributed by atoms with Crippen LogP contribution in [-0.2, 0) is 14.8 Å². The molecule has 132 valence electrons. The van der Waals surface area contributed by atoms with E-state index in [1.165, 1.54) is 10.6 Å². The van der Waals surface area contributed by atoms with Gasteiger partial charge in [0.2, 0.25) is 15.9 Å². The molecule has 1 amide bonds. The molecule has 0 aromatic carbocycles. The smallest absolute Gasteiger partial charge is 0.219 e. The molecule has 0 bridgehead atoms. The van der Waals surface area contributed by atoms with E-state index < -0.39 is 15.6 Å². The molecule has 0 aliphatic rings. The maximum atomic E-state index is 11.8. The van der Waals surface area contributed by atoms with Gasteiger partial charge >= 0.3 is 0 Å². The van der Waals surface area contributed by atoms with Crippen molar-refractivity contribution in [3.8, 4) is 0 Å². The lowest BCUT2D eigenvalue weighted by atomic mass is 9.87. The lowest BCUT2D eigenvalue weighted by Gasteiger charge is -2.38. The number of hydrogen-bond acceptors (Lipinski definition) is 3. The van der Waals surface area contributed by atoms with Gasteiger partial charge in [-0.1, -0.05) is 13.3 Å². The van der Waals surface area contributed by atoms with Crippen molar-refractivity contribution in [2.45, 2.75) is 72.4 Å². The quantitative estimate of drug-likeness (QED) is 0.651. The highest BCUT2D eigenvalue weighted by molar-refractivity contribution is 7.88. The Morgan fingerprint density at radius 1 is 1.23 bits per heavy atom. The van der Waals surface area contributed by atoms with Gasteiger partial charge in [0.1, 0.15) is 0 Å². The van der Waals surface area contributed by atoms with Gasteiger partial charge in [0, 0.05) is 32.1 Å². The van der Waals surface area contributed by atoms with Crippen LogP contribution in [0.5, 0.6) is 0 Å². The van der Waals surface area contributed by atoms with Gasteiger partial charge in [-0.2, -0.15) is 4.31 Å². The third kappa shape index (κ3) is 6.65. The number of carbonyl (C=O) groups excluding carboxylic acids is 1. The van der Waals surface area contributed by atoms with E-state index in [2.05, 4.69) is 6.92 Å². The van der Waals surface area contributed by atoms with Crippen LogP contribution in [0, 0.1) is 5.92 Å². The molecule has 0 aliphatic carbocycles. The van der Waals surface area contributed by atoms with Crippen LogP contribution in [0.3, 0.4) is 0 Å². The molecule has 5 nitrogen and oxygen atoms in total. The Labute approximate surface area is 137 Å². The number of carbonyl (C=O) groups is 1. The molecule has 0 rings (SSSR count). The maximum absolute atomic E-state index is 11.8. The van der Waals surface area contributed by atoms with Gasteiger partial charge in [-0.25, -0.2) is 8.42 Å². The SMILES string of the molecule is CCCC(CN(C(C)=O)C(C)C)CC(C)(C)N(C)S(C)(=O)=O. The Kier molecular flexibility index (Phi) is 8.06. The fourth-order valence-electron chi connectivity index (χ4n) is 2.93. The molecule has 0 aromatic heterocycles. The minimum atomic E-state index is -3.23. The first-order valence-corrected chi connectivity index (χ1v) is 9.89. The van der Waals surface area contributed by atoms with Gasteiger partial charge in [-0.15, -0.1) is 0 Å². The van der Waals surface area contributed by atoms with E-state index in [0.717, 1.165) is 19.3 Å². The first-order valence-electron chi connectivity index (χ1n) is 8.04. The van der Waals surface area contributed by atoms with E-state index >= 15 is 0 Å². The fourth-order valence-corrected chi connectivity index (χ4v) is 3.90. The summed E-state index contributed by atoms with van der Waals surface area (Å²) in [6.07, 6.45) is 3.98. The monoisotopic (exact) mass is 334 g/mol. The van der Waals surface area contributed by atoms with E-state index in [0.29, 0.717) is 6.54 Å². The van der Waals surface area contributed by atoms with Crippen molar-refractivity contribution < 1.29 is 13.2 Å². The molecule has 0 spiro atoms. The molecule has 0 aliphatic heterocycles. The Bertz CT molecular complexity index is 458. The average molecular weight is 335 g/mol. The van der Waals surface area contributed by atoms with E-state index in [1.807, 2.05) is 32.6 Å². The summed E-state index contributed by atoms with van der Waals surface area (Å²) in [5.74, 6) is 0.362. The van der Waals surface area contributed by atoms with Crippen LogP contribution in [0.2, 0.25) is 0 Å². The Balaban J connectivity index is 5.15. The zero-order chi connectivity index (χ0) is 17.7. The molecule has 0 saturated heterocycles. The number of sulfonamides is 1. The highest BCUT2D eigenvalue weighted by Gasteiger charge is 2.33. The average Bonchev–Trinajstić information content (AvgIpc) is 2.32. The fraction of sp³-hybridized carbons (Fsp3) is 0.938. The molecular weight excluding hydrogens is 300 g/mol. The summed E-state index contributed by atoms with van der Waals surface area (Å²) >= 11 is 0. The summed E-state index contributed by atoms with van der Waals surface area (Å²) in [6.45, 7) is 12.3. The summed E-state index contributed by atoms with van der Waals surface area (Å²) in [5, 5.41) is 0. The van der Waals surface area contributed by atoms with Crippen molar-refractivity contribution in [1.82, 2.24) is 9.21 Å². The van der Waals surface area contributed by atoms with Crippen LogP contribution in [0.15, 0.2) is 0 Å². The van der Waals surface area contributed by atoms with Gasteiger partial charge < -0.3 is 4.90 Å². The normalized spacial score (nSPS) is 14.5. The molecule has 0 aromatic rings. The minimum absolute atomic E-state index is 0.0744. The lowest BCUT2D eigenvalue weighted by molar-refractivity contribution is -0.131. The molecule has 0 saturated carbocycles. The zero-order valence-corrected chi connectivity index (χ0v) is 16.3. The molecule has 0 N–H and O–H groups in total. The summed E-state index contributed by atoms with van der Waals surface area (Å²) < 4.78 is 25.1. The summed E-state index contributed by atoms with van der Waals surface area (Å²) in [6, 6.07) is 0.160. The molecule has 1 atom stereocenters. The van der Waals surface area contributed by atoms with Crippen molar-refractivity contribution in [2.75, 3.05) is 19.8 Å². The van der Waals surface area contributed by atoms with Gasteiger partial charge in [0.25, 0.3) is 0 Å². The highest BCUT2D eigenvalue weighted by Crippen LogP contribution is 2.28. The van der Waals surface area contributed by atoms with E-state index in [-0.39, 0.29) is 17.9 Å². The summed E-state index contributed by atoms with van der Waals surface area (Å²) in [5.41, 5.74) is -0.465. The molecule has 0 heterocycles. The van der Waals surface area contributed by atoms with Crippen LogP contribution in [0.25, 0.3) is 0 Å². The summed E-state index contributed by atoms with van der Waals surface area (Å²) in [4.78, 5) is 13.7. The first kappa shape index (κ1) is 21.4. The van der Waals surface area contributed by atoms with Crippen LogP contribution in [0.1, 0.15) is 60.8 Å². The van der Waals surface area contributed by atoms with Gasteiger partial charge in [0.05, 0.1) is 6.26 Å². The number of amides is 1.